The Morgan fingerprint density at radius 2 is 1.65 bits per heavy atom. The van der Waals surface area contributed by atoms with E-state index in [1.807, 2.05) is 47.4 Å². The highest BCUT2D eigenvalue weighted by Gasteiger charge is 2.36. The summed E-state index contributed by atoms with van der Waals surface area (Å²) in [5.74, 6) is 0.0426. The minimum Gasteiger partial charge on any atom is -0.383 e. The number of benzene rings is 1. The van der Waals surface area contributed by atoms with Crippen LogP contribution in [0.1, 0.15) is 41.7 Å². The van der Waals surface area contributed by atoms with Crippen molar-refractivity contribution in [3.63, 3.8) is 0 Å². The number of rotatable bonds is 3. The molecule has 26 heavy (non-hydrogen) atoms. The summed E-state index contributed by atoms with van der Waals surface area (Å²) >= 11 is 0. The average molecular weight is 351 g/mol. The molecular weight excluding hydrogens is 326 g/mol. The van der Waals surface area contributed by atoms with Crippen LogP contribution < -0.4 is 4.90 Å². The molecule has 5 nitrogen and oxygen atoms in total. The van der Waals surface area contributed by atoms with Gasteiger partial charge in [0, 0.05) is 43.6 Å². The van der Waals surface area contributed by atoms with E-state index < -0.39 is 5.60 Å². The van der Waals surface area contributed by atoms with E-state index >= 15 is 0 Å². The molecule has 136 valence electrons. The van der Waals surface area contributed by atoms with Crippen molar-refractivity contribution in [2.75, 3.05) is 31.1 Å². The van der Waals surface area contributed by atoms with Crippen LogP contribution in [-0.4, -0.2) is 47.1 Å². The van der Waals surface area contributed by atoms with Gasteiger partial charge in [-0.1, -0.05) is 6.07 Å². The molecule has 1 amide bonds. The summed E-state index contributed by atoms with van der Waals surface area (Å²) in [7, 11) is 0. The Morgan fingerprint density at radius 1 is 0.962 bits per heavy atom. The van der Waals surface area contributed by atoms with E-state index in [4.69, 9.17) is 0 Å². The highest BCUT2D eigenvalue weighted by atomic mass is 16.3. The molecule has 1 aromatic carbocycles. The second kappa shape index (κ2) is 7.08. The normalized spacial score (nSPS) is 19.6. The second-order valence-electron chi connectivity index (χ2n) is 7.28. The lowest BCUT2D eigenvalue weighted by molar-refractivity contribution is -0.0244. The Labute approximate surface area is 154 Å². The molecule has 4 rings (SSSR count). The summed E-state index contributed by atoms with van der Waals surface area (Å²) < 4.78 is 0. The number of pyridine rings is 1. The molecule has 0 saturated carbocycles. The van der Waals surface area contributed by atoms with Gasteiger partial charge >= 0.3 is 0 Å². The quantitative estimate of drug-likeness (QED) is 0.924. The lowest BCUT2D eigenvalue weighted by Crippen LogP contribution is -2.45. The third kappa shape index (κ3) is 3.31. The molecule has 0 aliphatic carbocycles. The monoisotopic (exact) mass is 351 g/mol. The molecule has 0 unspecified atom stereocenters. The first kappa shape index (κ1) is 17.0. The minimum absolute atomic E-state index is 0.0426. The molecule has 3 heterocycles. The van der Waals surface area contributed by atoms with Gasteiger partial charge in [-0.15, -0.1) is 0 Å². The van der Waals surface area contributed by atoms with Crippen molar-refractivity contribution in [3.8, 4) is 0 Å². The zero-order valence-electron chi connectivity index (χ0n) is 15.0. The zero-order valence-corrected chi connectivity index (χ0v) is 15.0. The number of nitrogens with zero attached hydrogens (tertiary/aromatic N) is 3. The molecule has 0 spiro atoms. The summed E-state index contributed by atoms with van der Waals surface area (Å²) in [5.41, 5.74) is 1.68. The predicted molar refractivity (Wildman–Crippen MR) is 101 cm³/mol. The van der Waals surface area contributed by atoms with Crippen molar-refractivity contribution >= 4 is 11.6 Å². The van der Waals surface area contributed by atoms with Crippen LogP contribution in [0.4, 0.5) is 5.69 Å². The number of piperidine rings is 1. The molecule has 2 aliphatic heterocycles. The minimum atomic E-state index is -0.933. The first-order valence-corrected chi connectivity index (χ1v) is 9.44. The fourth-order valence-electron chi connectivity index (χ4n) is 3.95. The standard InChI is InChI=1S/C21H25N3O2/c25-20(17-6-8-18(9-7-17)23-13-3-4-14-23)24-15-10-21(26,11-16-24)19-5-1-2-12-22-19/h1-2,5-9,12,26H,3-4,10-11,13-16H2. The third-order valence-electron chi connectivity index (χ3n) is 5.60. The van der Waals surface area contributed by atoms with Crippen molar-refractivity contribution in [1.29, 1.82) is 0 Å². The molecule has 2 saturated heterocycles. The summed E-state index contributed by atoms with van der Waals surface area (Å²) in [6, 6.07) is 13.5. The van der Waals surface area contributed by atoms with E-state index in [-0.39, 0.29) is 5.91 Å². The molecular formula is C21H25N3O2. The Hall–Kier alpha value is -2.40. The van der Waals surface area contributed by atoms with E-state index in [1.165, 1.54) is 18.5 Å². The number of likely N-dealkylation sites (tertiary alicyclic amines) is 1. The molecule has 0 radical (unpaired) electrons. The van der Waals surface area contributed by atoms with Crippen molar-refractivity contribution in [1.82, 2.24) is 9.88 Å². The Morgan fingerprint density at radius 3 is 2.27 bits per heavy atom. The van der Waals surface area contributed by atoms with Gasteiger partial charge in [0.15, 0.2) is 0 Å². The fourth-order valence-corrected chi connectivity index (χ4v) is 3.95. The fraction of sp³-hybridized carbons (Fsp3) is 0.429. The summed E-state index contributed by atoms with van der Waals surface area (Å²) in [5, 5.41) is 10.9. The van der Waals surface area contributed by atoms with Gasteiger partial charge < -0.3 is 14.9 Å². The SMILES string of the molecule is O=C(c1ccc(N2CCCC2)cc1)N1CCC(O)(c2ccccn2)CC1. The lowest BCUT2D eigenvalue weighted by atomic mass is 9.87. The van der Waals surface area contributed by atoms with Crippen LogP contribution in [-0.2, 0) is 5.60 Å². The van der Waals surface area contributed by atoms with E-state index in [0.717, 1.165) is 18.7 Å². The van der Waals surface area contributed by atoms with E-state index in [1.54, 1.807) is 6.20 Å². The number of amides is 1. The van der Waals surface area contributed by atoms with E-state index in [9.17, 15) is 9.90 Å². The van der Waals surface area contributed by atoms with Gasteiger partial charge in [-0.3, -0.25) is 9.78 Å². The van der Waals surface area contributed by atoms with E-state index in [0.29, 0.717) is 31.6 Å². The second-order valence-corrected chi connectivity index (χ2v) is 7.28. The number of hydrogen-bond donors (Lipinski definition) is 1. The third-order valence-corrected chi connectivity index (χ3v) is 5.60. The highest BCUT2D eigenvalue weighted by molar-refractivity contribution is 5.94. The highest BCUT2D eigenvalue weighted by Crippen LogP contribution is 2.32. The predicted octanol–water partition coefficient (Wildman–Crippen LogP) is 2.81. The maximum Gasteiger partial charge on any atom is 0.253 e. The molecule has 2 aliphatic rings. The van der Waals surface area contributed by atoms with Gasteiger partial charge in [0.05, 0.1) is 5.69 Å². The molecule has 2 fully saturated rings. The summed E-state index contributed by atoms with van der Waals surface area (Å²) in [4.78, 5) is 21.3. The number of aliphatic hydroxyl groups is 1. The molecule has 2 aromatic rings. The average Bonchev–Trinajstić information content (AvgIpc) is 3.24. The first-order valence-electron chi connectivity index (χ1n) is 9.44. The molecule has 0 bridgehead atoms. The van der Waals surface area contributed by atoms with Crippen molar-refractivity contribution in [3.05, 3.63) is 59.9 Å². The van der Waals surface area contributed by atoms with Crippen LogP contribution in [0, 0.1) is 0 Å². The van der Waals surface area contributed by atoms with Crippen molar-refractivity contribution in [2.45, 2.75) is 31.3 Å². The van der Waals surface area contributed by atoms with Gasteiger partial charge in [-0.2, -0.15) is 0 Å². The maximum atomic E-state index is 12.8. The van der Waals surface area contributed by atoms with Crippen LogP contribution >= 0.6 is 0 Å². The van der Waals surface area contributed by atoms with Gasteiger partial charge in [0.2, 0.25) is 0 Å². The topological polar surface area (TPSA) is 56.7 Å². The summed E-state index contributed by atoms with van der Waals surface area (Å²) in [6.45, 7) is 3.29. The number of carbonyl (C=O) groups excluding carboxylic acids is 1. The van der Waals surface area contributed by atoms with Gasteiger partial charge in [-0.05, 0) is 62.1 Å². The van der Waals surface area contributed by atoms with E-state index in [2.05, 4.69) is 9.88 Å². The van der Waals surface area contributed by atoms with Gasteiger partial charge in [0.1, 0.15) is 5.60 Å². The molecule has 1 aromatic heterocycles. The lowest BCUT2D eigenvalue weighted by Gasteiger charge is -2.37. The van der Waals surface area contributed by atoms with Gasteiger partial charge in [-0.25, -0.2) is 0 Å². The maximum absolute atomic E-state index is 12.8. The Bertz CT molecular complexity index is 747. The Kier molecular flexibility index (Phi) is 4.64. The number of aromatic nitrogens is 1. The molecule has 1 N–H and O–H groups in total. The molecule has 5 heteroatoms. The summed E-state index contributed by atoms with van der Waals surface area (Å²) in [6.07, 6.45) is 5.22. The zero-order chi connectivity index (χ0) is 18.0. The van der Waals surface area contributed by atoms with Crippen LogP contribution in [0.25, 0.3) is 0 Å². The Balaban J connectivity index is 1.40. The van der Waals surface area contributed by atoms with Crippen LogP contribution in [0.3, 0.4) is 0 Å². The smallest absolute Gasteiger partial charge is 0.253 e. The van der Waals surface area contributed by atoms with Crippen molar-refractivity contribution in [2.24, 2.45) is 0 Å². The first-order chi connectivity index (χ1) is 12.7. The number of anilines is 1. The number of hydrogen-bond acceptors (Lipinski definition) is 4. The van der Waals surface area contributed by atoms with Crippen LogP contribution in [0.15, 0.2) is 48.7 Å². The number of carbonyl (C=O) groups is 1. The molecule has 0 atom stereocenters. The van der Waals surface area contributed by atoms with Gasteiger partial charge in [0.25, 0.3) is 5.91 Å². The van der Waals surface area contributed by atoms with Crippen molar-refractivity contribution < 1.29 is 9.90 Å². The van der Waals surface area contributed by atoms with Crippen LogP contribution in [0.2, 0.25) is 0 Å². The largest absolute Gasteiger partial charge is 0.383 e. The van der Waals surface area contributed by atoms with Crippen LogP contribution in [0.5, 0.6) is 0 Å².